The number of benzene rings is 1. The monoisotopic (exact) mass is 323 g/mol. The first-order valence-electron chi connectivity index (χ1n) is 5.57. The fraction of sp³-hybridized carbons (Fsp3) is 0.231. The summed E-state index contributed by atoms with van der Waals surface area (Å²) in [5.41, 5.74) is 1.18. The van der Waals surface area contributed by atoms with Crippen LogP contribution in [0.25, 0.3) is 11.3 Å². The molecule has 5 heteroatoms. The Balaban J connectivity index is 1.95. The Kier molecular flexibility index (Phi) is 2.75. The van der Waals surface area contributed by atoms with E-state index in [1.54, 1.807) is 0 Å². The largest absolute Gasteiger partial charge is 0.481 e. The van der Waals surface area contributed by atoms with Crippen molar-refractivity contribution in [3.05, 3.63) is 39.1 Å². The lowest BCUT2D eigenvalue weighted by molar-refractivity contribution is -0.140. The predicted octanol–water partition coefficient (Wildman–Crippen LogP) is 3.69. The van der Waals surface area contributed by atoms with Crippen LogP contribution in [-0.2, 0) is 10.2 Å². The lowest BCUT2D eigenvalue weighted by atomic mass is 10.1. The lowest BCUT2D eigenvalue weighted by Crippen LogP contribution is -2.19. The van der Waals surface area contributed by atoms with Crippen molar-refractivity contribution in [2.24, 2.45) is 0 Å². The van der Waals surface area contributed by atoms with Crippen LogP contribution in [0.2, 0.25) is 0 Å². The van der Waals surface area contributed by atoms with Gasteiger partial charge in [-0.05, 0) is 25.0 Å². The summed E-state index contributed by atoms with van der Waals surface area (Å²) in [6, 6.07) is 7.86. The van der Waals surface area contributed by atoms with E-state index in [9.17, 15) is 9.90 Å². The molecule has 0 aliphatic heterocycles. The van der Waals surface area contributed by atoms with Crippen LogP contribution in [0.5, 0.6) is 0 Å². The van der Waals surface area contributed by atoms with Gasteiger partial charge in [-0.25, -0.2) is 4.98 Å². The van der Waals surface area contributed by atoms with Gasteiger partial charge in [0, 0.05) is 15.4 Å². The molecule has 1 aromatic heterocycles. The van der Waals surface area contributed by atoms with Crippen molar-refractivity contribution in [3.8, 4) is 11.3 Å². The Bertz CT molecular complexity index is 602. The van der Waals surface area contributed by atoms with E-state index in [0.717, 1.165) is 20.7 Å². The number of aliphatic carboxylic acids is 1. The zero-order valence-corrected chi connectivity index (χ0v) is 11.8. The Labute approximate surface area is 117 Å². The van der Waals surface area contributed by atoms with Gasteiger partial charge in [-0.15, -0.1) is 11.3 Å². The van der Waals surface area contributed by atoms with E-state index in [1.807, 2.05) is 29.6 Å². The van der Waals surface area contributed by atoms with Gasteiger partial charge in [-0.2, -0.15) is 0 Å². The minimum absolute atomic E-state index is 0.696. The van der Waals surface area contributed by atoms with Crippen molar-refractivity contribution in [2.75, 3.05) is 0 Å². The van der Waals surface area contributed by atoms with E-state index in [4.69, 9.17) is 0 Å². The van der Waals surface area contributed by atoms with Crippen molar-refractivity contribution in [3.63, 3.8) is 0 Å². The van der Waals surface area contributed by atoms with Gasteiger partial charge in [0.15, 0.2) is 0 Å². The maximum absolute atomic E-state index is 11.2. The van der Waals surface area contributed by atoms with Crippen LogP contribution >= 0.6 is 27.3 Å². The molecule has 0 spiro atoms. The molecule has 0 saturated heterocycles. The molecule has 3 rings (SSSR count). The molecule has 0 unspecified atom stereocenters. The molecule has 1 fully saturated rings. The molecule has 1 N–H and O–H groups in total. The fourth-order valence-corrected chi connectivity index (χ4v) is 3.24. The van der Waals surface area contributed by atoms with E-state index in [-0.39, 0.29) is 0 Å². The average Bonchev–Trinajstić information content (AvgIpc) is 3.03. The zero-order chi connectivity index (χ0) is 12.8. The summed E-state index contributed by atoms with van der Waals surface area (Å²) in [5.74, 6) is -0.751. The molecule has 2 aromatic rings. The topological polar surface area (TPSA) is 50.2 Å². The van der Waals surface area contributed by atoms with Gasteiger partial charge < -0.3 is 5.11 Å². The Morgan fingerprint density at radius 2 is 2.00 bits per heavy atom. The standard InChI is InChI=1S/C13H10BrNO2S/c14-9-3-1-8(2-4-9)10-7-18-11(15-10)13(5-6-13)12(16)17/h1-4,7H,5-6H2,(H,16,17). The van der Waals surface area contributed by atoms with E-state index >= 15 is 0 Å². The van der Waals surface area contributed by atoms with Gasteiger partial charge in [0.05, 0.1) is 5.69 Å². The average molecular weight is 324 g/mol. The van der Waals surface area contributed by atoms with Gasteiger partial charge in [0.25, 0.3) is 0 Å². The van der Waals surface area contributed by atoms with Gasteiger partial charge in [0.2, 0.25) is 0 Å². The maximum Gasteiger partial charge on any atom is 0.316 e. The molecule has 18 heavy (non-hydrogen) atoms. The van der Waals surface area contributed by atoms with E-state index in [2.05, 4.69) is 20.9 Å². The number of hydrogen-bond acceptors (Lipinski definition) is 3. The van der Waals surface area contributed by atoms with Crippen LogP contribution in [0.15, 0.2) is 34.1 Å². The number of hydrogen-bond donors (Lipinski definition) is 1. The summed E-state index contributed by atoms with van der Waals surface area (Å²) in [5, 5.41) is 11.9. The van der Waals surface area contributed by atoms with Gasteiger partial charge in [0.1, 0.15) is 10.4 Å². The van der Waals surface area contributed by atoms with Gasteiger partial charge >= 0.3 is 5.97 Å². The number of carboxylic acids is 1. The molecule has 0 radical (unpaired) electrons. The molecule has 1 aromatic carbocycles. The minimum atomic E-state index is -0.751. The molecule has 0 bridgehead atoms. The van der Waals surface area contributed by atoms with Crippen LogP contribution in [0.3, 0.4) is 0 Å². The molecule has 1 aliphatic rings. The van der Waals surface area contributed by atoms with Gasteiger partial charge in [-0.1, -0.05) is 28.1 Å². The summed E-state index contributed by atoms with van der Waals surface area (Å²) < 4.78 is 1.02. The quantitative estimate of drug-likeness (QED) is 0.937. The highest BCUT2D eigenvalue weighted by Crippen LogP contribution is 2.50. The number of nitrogens with zero attached hydrogens (tertiary/aromatic N) is 1. The van der Waals surface area contributed by atoms with Crippen molar-refractivity contribution < 1.29 is 9.90 Å². The zero-order valence-electron chi connectivity index (χ0n) is 9.39. The van der Waals surface area contributed by atoms with Crippen LogP contribution < -0.4 is 0 Å². The highest BCUT2D eigenvalue weighted by atomic mass is 79.9. The third-order valence-electron chi connectivity index (χ3n) is 3.21. The maximum atomic E-state index is 11.2. The number of aromatic nitrogens is 1. The molecule has 0 atom stereocenters. The first kappa shape index (κ1) is 11.9. The SMILES string of the molecule is O=C(O)C1(c2nc(-c3ccc(Br)cc3)cs2)CC1. The van der Waals surface area contributed by atoms with Crippen molar-refractivity contribution in [1.82, 2.24) is 4.98 Å². The van der Waals surface area contributed by atoms with E-state index < -0.39 is 11.4 Å². The summed E-state index contributed by atoms with van der Waals surface area (Å²) in [6.45, 7) is 0. The first-order chi connectivity index (χ1) is 8.62. The number of thiazole rings is 1. The molecular weight excluding hydrogens is 314 g/mol. The fourth-order valence-electron chi connectivity index (χ4n) is 1.89. The molecule has 92 valence electrons. The molecule has 1 saturated carbocycles. The summed E-state index contributed by atoms with van der Waals surface area (Å²) in [6.07, 6.45) is 1.41. The van der Waals surface area contributed by atoms with Crippen molar-refractivity contribution >= 4 is 33.2 Å². The third kappa shape index (κ3) is 1.87. The lowest BCUT2D eigenvalue weighted by Gasteiger charge is -2.04. The van der Waals surface area contributed by atoms with E-state index in [0.29, 0.717) is 12.8 Å². The molecule has 1 heterocycles. The summed E-state index contributed by atoms with van der Waals surface area (Å²) in [7, 11) is 0. The van der Waals surface area contributed by atoms with Crippen LogP contribution in [-0.4, -0.2) is 16.1 Å². The number of carbonyl (C=O) groups is 1. The van der Waals surface area contributed by atoms with Crippen LogP contribution in [0, 0.1) is 0 Å². The first-order valence-corrected chi connectivity index (χ1v) is 7.24. The molecular formula is C13H10BrNO2S. The smallest absolute Gasteiger partial charge is 0.316 e. The van der Waals surface area contributed by atoms with Crippen molar-refractivity contribution in [2.45, 2.75) is 18.3 Å². The highest BCUT2D eigenvalue weighted by Gasteiger charge is 2.54. The normalized spacial score (nSPS) is 16.5. The minimum Gasteiger partial charge on any atom is -0.481 e. The second-order valence-electron chi connectivity index (χ2n) is 4.43. The summed E-state index contributed by atoms with van der Waals surface area (Å²) >= 11 is 4.83. The Hall–Kier alpha value is -1.20. The Morgan fingerprint density at radius 1 is 1.33 bits per heavy atom. The molecule has 3 nitrogen and oxygen atoms in total. The van der Waals surface area contributed by atoms with Crippen LogP contribution in [0.4, 0.5) is 0 Å². The molecule has 1 aliphatic carbocycles. The number of carboxylic acid groups (broad SMARTS) is 1. The number of rotatable bonds is 3. The molecule has 0 amide bonds. The summed E-state index contributed by atoms with van der Waals surface area (Å²) in [4.78, 5) is 15.7. The van der Waals surface area contributed by atoms with E-state index in [1.165, 1.54) is 11.3 Å². The third-order valence-corrected chi connectivity index (χ3v) is 4.79. The van der Waals surface area contributed by atoms with Crippen LogP contribution in [0.1, 0.15) is 17.8 Å². The second-order valence-corrected chi connectivity index (χ2v) is 6.21. The number of halogens is 1. The predicted molar refractivity (Wildman–Crippen MR) is 73.8 cm³/mol. The Morgan fingerprint density at radius 3 is 2.56 bits per heavy atom. The second kappa shape index (κ2) is 4.17. The highest BCUT2D eigenvalue weighted by molar-refractivity contribution is 9.10. The van der Waals surface area contributed by atoms with Crippen molar-refractivity contribution in [1.29, 1.82) is 0 Å². The van der Waals surface area contributed by atoms with Gasteiger partial charge in [-0.3, -0.25) is 4.79 Å².